The number of rotatable bonds is 4. The second kappa shape index (κ2) is 10.1. The fourth-order valence-electron chi connectivity index (χ4n) is 7.75. The number of para-hydroxylation sites is 3. The zero-order valence-electron chi connectivity index (χ0n) is 26.4. The van der Waals surface area contributed by atoms with Gasteiger partial charge < -0.3 is 4.57 Å². The van der Waals surface area contributed by atoms with Gasteiger partial charge in [-0.3, -0.25) is 24.5 Å². The van der Waals surface area contributed by atoms with Crippen LogP contribution in [0.25, 0.3) is 88.2 Å². The normalized spacial score (nSPS) is 12.1. The lowest BCUT2D eigenvalue weighted by Gasteiger charge is -2.14. The van der Waals surface area contributed by atoms with Gasteiger partial charge in [0.2, 0.25) is 0 Å². The molecule has 0 aliphatic heterocycles. The van der Waals surface area contributed by atoms with E-state index in [-0.39, 0.29) is 0 Å². The van der Waals surface area contributed by atoms with Crippen molar-refractivity contribution in [2.45, 2.75) is 26.7 Å². The van der Waals surface area contributed by atoms with Gasteiger partial charge in [-0.2, -0.15) is 0 Å². The van der Waals surface area contributed by atoms with Crippen molar-refractivity contribution in [1.82, 2.24) is 39.0 Å². The molecule has 0 aliphatic carbocycles. The van der Waals surface area contributed by atoms with Crippen molar-refractivity contribution < 1.29 is 0 Å². The minimum atomic E-state index is 0.660. The van der Waals surface area contributed by atoms with Crippen LogP contribution >= 0.6 is 0 Å². The highest BCUT2D eigenvalue weighted by Crippen LogP contribution is 2.43. The van der Waals surface area contributed by atoms with Crippen molar-refractivity contribution >= 4 is 76.7 Å². The SMILES string of the molecule is CCc1cccc2c3cc4c(c(CC)c3n(-c3cnc5c6nccnc6c6nccnc6c5n3)c12)c1ccccc1n4-c1ccccc1. The summed E-state index contributed by atoms with van der Waals surface area (Å²) in [6.45, 7) is 4.47. The molecule has 0 N–H and O–H groups in total. The summed E-state index contributed by atoms with van der Waals surface area (Å²) in [6, 6.07) is 28.4. The van der Waals surface area contributed by atoms with Crippen LogP contribution in [0.5, 0.6) is 0 Å². The molecule has 0 radical (unpaired) electrons. The van der Waals surface area contributed by atoms with Crippen molar-refractivity contribution in [1.29, 1.82) is 0 Å². The van der Waals surface area contributed by atoms with Crippen molar-refractivity contribution in [2.24, 2.45) is 0 Å². The van der Waals surface area contributed by atoms with Crippen LogP contribution in [0.1, 0.15) is 25.0 Å². The van der Waals surface area contributed by atoms with Crippen LogP contribution in [-0.4, -0.2) is 39.0 Å². The lowest BCUT2D eigenvalue weighted by atomic mass is 9.99. The Bertz CT molecular complexity index is 2890. The maximum Gasteiger partial charge on any atom is 0.157 e. The molecular formula is C40H28N8. The zero-order chi connectivity index (χ0) is 31.9. The smallest absolute Gasteiger partial charge is 0.157 e. The molecule has 48 heavy (non-hydrogen) atoms. The van der Waals surface area contributed by atoms with Crippen molar-refractivity contribution in [3.05, 3.63) is 121 Å². The summed E-state index contributed by atoms with van der Waals surface area (Å²) in [4.78, 5) is 29.0. The summed E-state index contributed by atoms with van der Waals surface area (Å²) in [5, 5.41) is 4.89. The molecule has 8 nitrogen and oxygen atoms in total. The first-order valence-electron chi connectivity index (χ1n) is 16.3. The summed E-state index contributed by atoms with van der Waals surface area (Å²) in [5.74, 6) is 0.736. The van der Waals surface area contributed by atoms with Crippen LogP contribution in [0, 0.1) is 0 Å². The van der Waals surface area contributed by atoms with E-state index in [4.69, 9.17) is 15.0 Å². The van der Waals surface area contributed by atoms with Crippen LogP contribution in [0.3, 0.4) is 0 Å². The Kier molecular flexibility index (Phi) is 5.66. The molecule has 0 amide bonds. The third kappa shape index (κ3) is 3.54. The van der Waals surface area contributed by atoms with Crippen molar-refractivity contribution in [2.75, 3.05) is 0 Å². The Morgan fingerprint density at radius 1 is 0.521 bits per heavy atom. The highest BCUT2D eigenvalue weighted by Gasteiger charge is 2.25. The molecule has 10 rings (SSSR count). The summed E-state index contributed by atoms with van der Waals surface area (Å²) in [7, 11) is 0. The number of benzene rings is 5. The van der Waals surface area contributed by atoms with Crippen LogP contribution in [0.15, 0.2) is 110 Å². The van der Waals surface area contributed by atoms with E-state index in [0.717, 1.165) is 35.4 Å². The van der Waals surface area contributed by atoms with Crippen LogP contribution < -0.4 is 0 Å². The second-order valence-corrected chi connectivity index (χ2v) is 12.1. The van der Waals surface area contributed by atoms with E-state index in [1.165, 1.54) is 43.7 Å². The number of hydrogen-bond donors (Lipinski definition) is 0. The molecule has 0 bridgehead atoms. The standard InChI is InChI=1S/C40H28N8/c1-3-23-11-10-15-26-28-21-30-32(27-14-8-9-16-29(27)47(30)24-12-6-5-7-13-24)25(4-2)40(28)48(39(23)26)31-22-45-37-35-33(41-17-18-43-35)34-36(38(37)46-31)44-20-19-42-34/h5-22H,3-4H2,1-2H3. The van der Waals surface area contributed by atoms with Crippen LogP contribution in [0.4, 0.5) is 0 Å². The van der Waals surface area contributed by atoms with E-state index in [1.807, 2.05) is 6.20 Å². The number of fused-ring (bicyclic) bond motifs is 12. The number of hydrogen-bond acceptors (Lipinski definition) is 6. The van der Waals surface area contributed by atoms with Gasteiger partial charge >= 0.3 is 0 Å². The molecule has 228 valence electrons. The largest absolute Gasteiger partial charge is 0.309 e. The Balaban J connectivity index is 1.41. The molecule has 5 aromatic carbocycles. The van der Waals surface area contributed by atoms with Gasteiger partial charge in [0.25, 0.3) is 0 Å². The van der Waals surface area contributed by atoms with E-state index in [0.29, 0.717) is 33.1 Å². The van der Waals surface area contributed by atoms with E-state index in [9.17, 15) is 0 Å². The molecule has 0 saturated heterocycles. The average molecular weight is 621 g/mol. The molecule has 0 unspecified atom stereocenters. The van der Waals surface area contributed by atoms with Crippen LogP contribution in [0.2, 0.25) is 0 Å². The molecule has 8 heteroatoms. The Morgan fingerprint density at radius 3 is 1.88 bits per heavy atom. The Morgan fingerprint density at radius 2 is 1.17 bits per heavy atom. The van der Waals surface area contributed by atoms with E-state index < -0.39 is 0 Å². The fraction of sp³-hybridized carbons (Fsp3) is 0.100. The average Bonchev–Trinajstić information content (AvgIpc) is 3.67. The first kappa shape index (κ1) is 26.9. The lowest BCUT2D eigenvalue weighted by molar-refractivity contribution is 1.04. The van der Waals surface area contributed by atoms with E-state index >= 15 is 0 Å². The fourth-order valence-corrected chi connectivity index (χ4v) is 7.75. The van der Waals surface area contributed by atoms with Crippen molar-refractivity contribution in [3.63, 3.8) is 0 Å². The van der Waals surface area contributed by atoms with Gasteiger partial charge in [0.1, 0.15) is 33.1 Å². The van der Waals surface area contributed by atoms with Gasteiger partial charge in [-0.15, -0.1) is 0 Å². The molecule has 0 aliphatic rings. The monoisotopic (exact) mass is 620 g/mol. The van der Waals surface area contributed by atoms with Crippen LogP contribution in [-0.2, 0) is 12.8 Å². The lowest BCUT2D eigenvalue weighted by Crippen LogP contribution is -2.04. The van der Waals surface area contributed by atoms with Gasteiger partial charge in [-0.25, -0.2) is 9.97 Å². The molecule has 0 spiro atoms. The highest BCUT2D eigenvalue weighted by molar-refractivity contribution is 6.22. The van der Waals surface area contributed by atoms with Crippen molar-refractivity contribution in [3.8, 4) is 11.5 Å². The molecule has 0 atom stereocenters. The number of nitrogens with zero attached hydrogens (tertiary/aromatic N) is 8. The molecular weight excluding hydrogens is 592 g/mol. The molecule has 10 aromatic rings. The Hall–Kier alpha value is -6.28. The predicted octanol–water partition coefficient (Wildman–Crippen LogP) is 8.84. The molecule has 0 saturated carbocycles. The van der Waals surface area contributed by atoms with E-state index in [1.54, 1.807) is 24.8 Å². The highest BCUT2D eigenvalue weighted by atomic mass is 15.1. The second-order valence-electron chi connectivity index (χ2n) is 12.1. The third-order valence-corrected chi connectivity index (χ3v) is 9.70. The molecule has 5 heterocycles. The summed E-state index contributed by atoms with van der Waals surface area (Å²) < 4.78 is 4.74. The molecule has 0 fully saturated rings. The minimum Gasteiger partial charge on any atom is -0.309 e. The third-order valence-electron chi connectivity index (χ3n) is 9.70. The van der Waals surface area contributed by atoms with Gasteiger partial charge in [-0.05, 0) is 48.2 Å². The van der Waals surface area contributed by atoms with Gasteiger partial charge in [0, 0.05) is 52.0 Å². The predicted molar refractivity (Wildman–Crippen MR) is 193 cm³/mol. The number of aryl methyl sites for hydroxylation is 2. The zero-order valence-corrected chi connectivity index (χ0v) is 26.4. The maximum absolute atomic E-state index is 5.37. The van der Waals surface area contributed by atoms with E-state index in [2.05, 4.69) is 117 Å². The first-order valence-corrected chi connectivity index (χ1v) is 16.3. The molecule has 5 aromatic heterocycles. The first-order chi connectivity index (χ1) is 23.8. The maximum atomic E-state index is 5.37. The quantitative estimate of drug-likeness (QED) is 0.183. The topological polar surface area (TPSA) is 87.2 Å². The van der Waals surface area contributed by atoms with Gasteiger partial charge in [0.15, 0.2) is 5.82 Å². The summed E-state index contributed by atoms with van der Waals surface area (Å²) in [5.41, 5.74) is 12.4. The number of aromatic nitrogens is 8. The van der Waals surface area contributed by atoms with Gasteiger partial charge in [-0.1, -0.05) is 68.4 Å². The summed E-state index contributed by atoms with van der Waals surface area (Å²) >= 11 is 0. The minimum absolute atomic E-state index is 0.660. The Labute approximate surface area is 274 Å². The summed E-state index contributed by atoms with van der Waals surface area (Å²) in [6.07, 6.45) is 10.3. The van der Waals surface area contributed by atoms with Gasteiger partial charge in [0.05, 0.1) is 28.3 Å².